The van der Waals surface area contributed by atoms with Gasteiger partial charge in [-0.05, 0) is 36.4 Å². The fraction of sp³-hybridized carbons (Fsp3) is 0.250. The van der Waals surface area contributed by atoms with Gasteiger partial charge < -0.3 is 25.2 Å². The number of ether oxygens (including phenoxy) is 2. The minimum Gasteiger partial charge on any atom is -0.496 e. The van der Waals surface area contributed by atoms with Crippen LogP contribution >= 0.6 is 0 Å². The molecule has 8 heteroatoms. The van der Waals surface area contributed by atoms with Gasteiger partial charge in [0.25, 0.3) is 5.91 Å². The van der Waals surface area contributed by atoms with Crippen molar-refractivity contribution in [3.63, 3.8) is 0 Å². The number of aliphatic carboxylic acids is 1. The number of carbonyl (C=O) groups is 3. The molecule has 3 N–H and O–H groups in total. The van der Waals surface area contributed by atoms with Crippen molar-refractivity contribution in [1.82, 2.24) is 5.32 Å². The molecule has 0 fully saturated rings. The third kappa shape index (κ3) is 5.73. The Kier molecular flexibility index (Phi) is 7.38. The van der Waals surface area contributed by atoms with Crippen LogP contribution in [0.5, 0.6) is 11.5 Å². The van der Waals surface area contributed by atoms with Crippen molar-refractivity contribution in [3.05, 3.63) is 53.6 Å². The first-order chi connectivity index (χ1) is 13.4. The smallest absolute Gasteiger partial charge is 0.305 e. The average Bonchev–Trinajstić information content (AvgIpc) is 2.68. The number of carbonyl (C=O) groups excluding carboxylic acids is 2. The van der Waals surface area contributed by atoms with E-state index in [9.17, 15) is 14.4 Å². The first-order valence-corrected chi connectivity index (χ1v) is 8.54. The largest absolute Gasteiger partial charge is 0.496 e. The van der Waals surface area contributed by atoms with Gasteiger partial charge in [-0.15, -0.1) is 0 Å². The molecule has 0 unspecified atom stereocenters. The molecule has 2 rings (SSSR count). The van der Waals surface area contributed by atoms with Crippen molar-refractivity contribution < 1.29 is 29.0 Å². The molecule has 28 heavy (non-hydrogen) atoms. The minimum atomic E-state index is -0.981. The molecule has 0 spiro atoms. The van der Waals surface area contributed by atoms with Gasteiger partial charge in [0.2, 0.25) is 5.91 Å². The molecule has 0 bridgehead atoms. The standard InChI is InChI=1S/C20H22N2O6/c1-27-16-4-3-5-17(28-2)15(16)12-18(23)22-14-8-6-13(7-9-14)20(26)21-11-10-19(24)25/h3-9H,10-12H2,1-2H3,(H,21,26)(H,22,23)(H,24,25). The number of methoxy groups -OCH3 is 2. The second-order valence-electron chi connectivity index (χ2n) is 5.84. The molecule has 0 aliphatic rings. The van der Waals surface area contributed by atoms with Crippen molar-refractivity contribution in [2.24, 2.45) is 0 Å². The lowest BCUT2D eigenvalue weighted by molar-refractivity contribution is -0.136. The molecule has 2 amide bonds. The molecule has 0 atom stereocenters. The normalized spacial score (nSPS) is 10.1. The predicted octanol–water partition coefficient (Wildman–Crippen LogP) is 2.09. The summed E-state index contributed by atoms with van der Waals surface area (Å²) in [5, 5.41) is 13.9. The van der Waals surface area contributed by atoms with E-state index >= 15 is 0 Å². The quantitative estimate of drug-likeness (QED) is 0.608. The van der Waals surface area contributed by atoms with E-state index in [0.29, 0.717) is 28.3 Å². The molecule has 0 saturated carbocycles. The summed E-state index contributed by atoms with van der Waals surface area (Å²) in [7, 11) is 3.05. The van der Waals surface area contributed by atoms with E-state index in [1.165, 1.54) is 14.2 Å². The maximum atomic E-state index is 12.4. The monoisotopic (exact) mass is 386 g/mol. The lowest BCUT2D eigenvalue weighted by Gasteiger charge is -2.13. The number of nitrogens with one attached hydrogen (secondary N) is 2. The van der Waals surface area contributed by atoms with Crippen LogP contribution in [0, 0.1) is 0 Å². The van der Waals surface area contributed by atoms with E-state index in [-0.39, 0.29) is 31.2 Å². The molecule has 0 radical (unpaired) electrons. The Bertz CT molecular complexity index is 826. The van der Waals surface area contributed by atoms with Gasteiger partial charge in [0, 0.05) is 23.4 Å². The first kappa shape index (κ1) is 20.8. The number of benzene rings is 2. The highest BCUT2D eigenvalue weighted by Gasteiger charge is 2.14. The summed E-state index contributed by atoms with van der Waals surface area (Å²) in [5.74, 6) is -0.504. The SMILES string of the molecule is COc1cccc(OC)c1CC(=O)Nc1ccc(C(=O)NCCC(=O)O)cc1. The average molecular weight is 386 g/mol. The summed E-state index contributed by atoms with van der Waals surface area (Å²) >= 11 is 0. The fourth-order valence-corrected chi connectivity index (χ4v) is 2.56. The Morgan fingerprint density at radius 1 is 0.964 bits per heavy atom. The number of amides is 2. The third-order valence-corrected chi connectivity index (χ3v) is 3.92. The van der Waals surface area contributed by atoms with Crippen molar-refractivity contribution >= 4 is 23.5 Å². The van der Waals surface area contributed by atoms with Crippen LogP contribution in [0.4, 0.5) is 5.69 Å². The Labute approximate surface area is 162 Å². The summed E-state index contributed by atoms with van der Waals surface area (Å²) in [6, 6.07) is 11.6. The van der Waals surface area contributed by atoms with Crippen molar-refractivity contribution in [3.8, 4) is 11.5 Å². The van der Waals surface area contributed by atoms with Crippen LogP contribution in [0.15, 0.2) is 42.5 Å². The molecule has 0 heterocycles. The van der Waals surface area contributed by atoms with Crippen molar-refractivity contribution in [2.45, 2.75) is 12.8 Å². The predicted molar refractivity (Wildman–Crippen MR) is 103 cm³/mol. The van der Waals surface area contributed by atoms with Gasteiger partial charge >= 0.3 is 5.97 Å². The van der Waals surface area contributed by atoms with Gasteiger partial charge in [-0.2, -0.15) is 0 Å². The van der Waals surface area contributed by atoms with Crippen LogP contribution in [-0.2, 0) is 16.0 Å². The summed E-state index contributed by atoms with van der Waals surface area (Å²) in [6.07, 6.45) is -0.0864. The minimum absolute atomic E-state index is 0.0490. The van der Waals surface area contributed by atoms with Gasteiger partial charge in [0.15, 0.2) is 0 Å². The van der Waals surface area contributed by atoms with E-state index in [1.807, 2.05) is 0 Å². The topological polar surface area (TPSA) is 114 Å². The Morgan fingerprint density at radius 3 is 2.11 bits per heavy atom. The zero-order valence-electron chi connectivity index (χ0n) is 15.7. The highest BCUT2D eigenvalue weighted by Crippen LogP contribution is 2.28. The van der Waals surface area contributed by atoms with E-state index in [4.69, 9.17) is 14.6 Å². The van der Waals surface area contributed by atoms with E-state index in [1.54, 1.807) is 42.5 Å². The Morgan fingerprint density at radius 2 is 1.57 bits per heavy atom. The van der Waals surface area contributed by atoms with Crippen LogP contribution in [0.2, 0.25) is 0 Å². The number of rotatable bonds is 9. The van der Waals surface area contributed by atoms with Crippen LogP contribution in [-0.4, -0.2) is 43.7 Å². The van der Waals surface area contributed by atoms with Gasteiger partial charge in [0.1, 0.15) is 11.5 Å². The van der Waals surface area contributed by atoms with E-state index < -0.39 is 5.97 Å². The second-order valence-corrected chi connectivity index (χ2v) is 5.84. The van der Waals surface area contributed by atoms with Gasteiger partial charge in [-0.1, -0.05) is 6.07 Å². The summed E-state index contributed by atoms with van der Waals surface area (Å²) in [4.78, 5) is 34.8. The lowest BCUT2D eigenvalue weighted by atomic mass is 10.1. The van der Waals surface area contributed by atoms with Gasteiger partial charge in [0.05, 0.1) is 27.1 Å². The van der Waals surface area contributed by atoms with E-state index in [0.717, 1.165) is 0 Å². The number of carboxylic acid groups (broad SMARTS) is 1. The molecule has 0 aromatic heterocycles. The molecule has 8 nitrogen and oxygen atoms in total. The fourth-order valence-electron chi connectivity index (χ4n) is 2.56. The summed E-state index contributed by atoms with van der Waals surface area (Å²) in [6.45, 7) is 0.0490. The van der Waals surface area contributed by atoms with Crippen LogP contribution in [0.1, 0.15) is 22.3 Å². The molecule has 0 aliphatic carbocycles. The maximum Gasteiger partial charge on any atom is 0.305 e. The molecule has 2 aromatic carbocycles. The third-order valence-electron chi connectivity index (χ3n) is 3.92. The zero-order valence-corrected chi connectivity index (χ0v) is 15.7. The molecule has 0 aliphatic heterocycles. The van der Waals surface area contributed by atoms with Crippen LogP contribution in [0.25, 0.3) is 0 Å². The molecular formula is C20H22N2O6. The van der Waals surface area contributed by atoms with E-state index in [2.05, 4.69) is 10.6 Å². The van der Waals surface area contributed by atoms with Crippen molar-refractivity contribution in [1.29, 1.82) is 0 Å². The number of hydrogen-bond donors (Lipinski definition) is 3. The van der Waals surface area contributed by atoms with Crippen LogP contribution in [0.3, 0.4) is 0 Å². The number of anilines is 1. The Balaban J connectivity index is 1.98. The number of carboxylic acids is 1. The zero-order chi connectivity index (χ0) is 20.5. The first-order valence-electron chi connectivity index (χ1n) is 8.54. The summed E-state index contributed by atoms with van der Waals surface area (Å²) in [5.41, 5.74) is 1.54. The molecule has 148 valence electrons. The molecule has 2 aromatic rings. The highest BCUT2D eigenvalue weighted by molar-refractivity contribution is 5.96. The maximum absolute atomic E-state index is 12.4. The number of hydrogen-bond acceptors (Lipinski definition) is 5. The second kappa shape index (κ2) is 9.96. The Hall–Kier alpha value is -3.55. The van der Waals surface area contributed by atoms with Gasteiger partial charge in [-0.25, -0.2) is 0 Å². The molecule has 0 saturated heterocycles. The lowest BCUT2D eigenvalue weighted by Crippen LogP contribution is -2.26. The summed E-state index contributed by atoms with van der Waals surface area (Å²) < 4.78 is 10.6. The van der Waals surface area contributed by atoms with Gasteiger partial charge in [-0.3, -0.25) is 14.4 Å². The van der Waals surface area contributed by atoms with Crippen molar-refractivity contribution in [2.75, 3.05) is 26.1 Å². The highest BCUT2D eigenvalue weighted by atomic mass is 16.5. The van der Waals surface area contributed by atoms with Crippen LogP contribution < -0.4 is 20.1 Å². The molecular weight excluding hydrogens is 364 g/mol.